The fourth-order valence-corrected chi connectivity index (χ4v) is 7.66. The van der Waals surface area contributed by atoms with E-state index in [1.807, 2.05) is 38.2 Å². The number of rotatable bonds is 5. The first-order valence-electron chi connectivity index (χ1n) is 12.9. The minimum atomic E-state index is -0.197. The van der Waals surface area contributed by atoms with Crippen molar-refractivity contribution in [2.75, 3.05) is 0 Å². The number of nitrogens with two attached hydrogens (primary N) is 1. The number of allylic oxidation sites excluding steroid dienone is 1. The maximum absolute atomic E-state index is 12.9. The highest BCUT2D eigenvalue weighted by molar-refractivity contribution is 7.19. The largest absolute Gasteiger partial charge is 0.325 e. The summed E-state index contributed by atoms with van der Waals surface area (Å²) in [5, 5.41) is 0.709. The van der Waals surface area contributed by atoms with E-state index in [1.54, 1.807) is 11.3 Å². The van der Waals surface area contributed by atoms with Crippen LogP contribution in [0.1, 0.15) is 56.0 Å². The van der Waals surface area contributed by atoms with E-state index in [0.29, 0.717) is 11.6 Å². The Labute approximate surface area is 226 Å². The number of aromatic nitrogens is 1. The number of pyridine rings is 1. The number of amides is 2. The summed E-state index contributed by atoms with van der Waals surface area (Å²) in [6.45, 7) is 8.57. The molecule has 3 unspecified atom stereocenters. The number of hydrogen-bond donors (Lipinski definition) is 1. The van der Waals surface area contributed by atoms with E-state index in [-0.39, 0.29) is 34.6 Å². The van der Waals surface area contributed by atoms with Crippen molar-refractivity contribution < 1.29 is 9.59 Å². The van der Waals surface area contributed by atoms with Gasteiger partial charge in [-0.25, -0.2) is 0 Å². The SMILES string of the molecule is Cc1cc(Cl)cc(-c2ccnc3cc(CN4C(=O)C5C(C4=O)C5(C)C)sc23)c1CC1=CCC(C)(N)CC1. The van der Waals surface area contributed by atoms with Gasteiger partial charge >= 0.3 is 0 Å². The van der Waals surface area contributed by atoms with Gasteiger partial charge in [-0.05, 0) is 85.9 Å². The van der Waals surface area contributed by atoms with Crippen LogP contribution in [0, 0.1) is 24.2 Å². The zero-order chi connectivity index (χ0) is 26.3. The first kappa shape index (κ1) is 24.8. The van der Waals surface area contributed by atoms with Crippen molar-refractivity contribution in [2.24, 2.45) is 23.0 Å². The molecule has 3 atom stereocenters. The standard InChI is InChI=1S/C30H32ClN3O2S/c1-16-11-18(31)13-22(21(16)12-17-5-8-30(4,32)9-6-17)20-7-10-33-23-14-19(37-26(20)23)15-34-27(35)24-25(28(34)36)29(24,2)3/h5,7,10-11,13-14,24-25H,6,8-9,12,15,32H2,1-4H3. The summed E-state index contributed by atoms with van der Waals surface area (Å²) in [4.78, 5) is 32.8. The number of likely N-dealkylation sites (tertiary alicyclic amines) is 1. The molecule has 1 aliphatic heterocycles. The first-order valence-corrected chi connectivity index (χ1v) is 14.1. The van der Waals surface area contributed by atoms with E-state index < -0.39 is 0 Å². The fraction of sp³-hybridized carbons (Fsp3) is 0.433. The highest BCUT2D eigenvalue weighted by atomic mass is 35.5. The summed E-state index contributed by atoms with van der Waals surface area (Å²) in [7, 11) is 0. The van der Waals surface area contributed by atoms with E-state index in [4.69, 9.17) is 17.3 Å². The normalized spacial score (nSPS) is 26.5. The van der Waals surface area contributed by atoms with Crippen LogP contribution in [-0.4, -0.2) is 27.2 Å². The molecule has 2 aromatic heterocycles. The summed E-state index contributed by atoms with van der Waals surface area (Å²) in [6.07, 6.45) is 7.89. The minimum absolute atomic E-state index is 0.0345. The van der Waals surface area contributed by atoms with Gasteiger partial charge in [0.25, 0.3) is 0 Å². The molecule has 2 aliphatic carbocycles. The molecule has 5 nitrogen and oxygen atoms in total. The Morgan fingerprint density at radius 3 is 2.54 bits per heavy atom. The molecule has 1 saturated carbocycles. The third-order valence-corrected chi connectivity index (χ3v) is 10.0. The maximum atomic E-state index is 12.9. The van der Waals surface area contributed by atoms with Gasteiger partial charge in [0.05, 0.1) is 28.6 Å². The number of hydrogen-bond acceptors (Lipinski definition) is 5. The van der Waals surface area contributed by atoms with Gasteiger partial charge in [0, 0.05) is 27.2 Å². The van der Waals surface area contributed by atoms with E-state index in [2.05, 4.69) is 31.0 Å². The molecule has 2 fully saturated rings. The van der Waals surface area contributed by atoms with Gasteiger partial charge in [-0.1, -0.05) is 37.1 Å². The molecule has 3 aliphatic rings. The molecule has 7 heteroatoms. The third-order valence-electron chi connectivity index (χ3n) is 8.67. The van der Waals surface area contributed by atoms with Gasteiger partial charge in [0.1, 0.15) is 0 Å². The Kier molecular flexibility index (Phi) is 5.68. The highest BCUT2D eigenvalue weighted by Crippen LogP contribution is 2.63. The Hall–Kier alpha value is -2.54. The number of imide groups is 1. The lowest BCUT2D eigenvalue weighted by Gasteiger charge is -2.29. The average molecular weight is 534 g/mol. The van der Waals surface area contributed by atoms with Crippen LogP contribution >= 0.6 is 22.9 Å². The van der Waals surface area contributed by atoms with Crippen LogP contribution < -0.4 is 5.73 Å². The lowest BCUT2D eigenvalue weighted by atomic mass is 9.81. The maximum Gasteiger partial charge on any atom is 0.234 e. The Balaban J connectivity index is 1.35. The predicted molar refractivity (Wildman–Crippen MR) is 149 cm³/mol. The van der Waals surface area contributed by atoms with Gasteiger partial charge in [0.2, 0.25) is 11.8 Å². The van der Waals surface area contributed by atoms with Crippen LogP contribution in [0.5, 0.6) is 0 Å². The molecule has 2 amide bonds. The van der Waals surface area contributed by atoms with Gasteiger partial charge in [-0.2, -0.15) is 0 Å². The van der Waals surface area contributed by atoms with Crippen LogP contribution in [0.3, 0.4) is 0 Å². The molecule has 1 saturated heterocycles. The Bertz CT molecular complexity index is 1480. The zero-order valence-electron chi connectivity index (χ0n) is 21.7. The summed E-state index contributed by atoms with van der Waals surface area (Å²) in [6, 6.07) is 8.15. The van der Waals surface area contributed by atoms with E-state index in [0.717, 1.165) is 51.9 Å². The number of carbonyl (C=O) groups excluding carboxylic acids is 2. The molecule has 0 spiro atoms. The Morgan fingerprint density at radius 2 is 1.86 bits per heavy atom. The molecule has 3 aromatic rings. The summed E-state index contributed by atoms with van der Waals surface area (Å²) < 4.78 is 1.05. The second-order valence-corrected chi connectivity index (χ2v) is 13.5. The van der Waals surface area contributed by atoms with Gasteiger partial charge in [-0.3, -0.25) is 19.5 Å². The molecule has 6 rings (SSSR count). The van der Waals surface area contributed by atoms with Crippen molar-refractivity contribution in [3.63, 3.8) is 0 Å². The molecule has 37 heavy (non-hydrogen) atoms. The molecule has 0 bridgehead atoms. The van der Waals surface area contributed by atoms with Gasteiger partial charge < -0.3 is 5.73 Å². The van der Waals surface area contributed by atoms with E-state index in [9.17, 15) is 9.59 Å². The number of benzene rings is 1. The minimum Gasteiger partial charge on any atom is -0.325 e. The molecule has 0 radical (unpaired) electrons. The van der Waals surface area contributed by atoms with Crippen LogP contribution in [0.2, 0.25) is 5.02 Å². The number of piperidine rings is 1. The average Bonchev–Trinajstić information content (AvgIpc) is 3.08. The first-order chi connectivity index (χ1) is 17.5. The quantitative estimate of drug-likeness (QED) is 0.302. The lowest BCUT2D eigenvalue weighted by Crippen LogP contribution is -2.37. The molecular weight excluding hydrogens is 502 g/mol. The summed E-state index contributed by atoms with van der Waals surface area (Å²) >= 11 is 8.18. The van der Waals surface area contributed by atoms with Crippen LogP contribution in [0.15, 0.2) is 42.1 Å². The number of fused-ring (bicyclic) bond motifs is 2. The Morgan fingerprint density at radius 1 is 1.14 bits per heavy atom. The van der Waals surface area contributed by atoms with E-state index in [1.165, 1.54) is 21.6 Å². The van der Waals surface area contributed by atoms with Crippen molar-refractivity contribution in [3.8, 4) is 11.1 Å². The van der Waals surface area contributed by atoms with Gasteiger partial charge in [-0.15, -0.1) is 11.3 Å². The fourth-order valence-electron chi connectivity index (χ4n) is 6.26. The number of halogens is 1. The number of aryl methyl sites for hydroxylation is 1. The van der Waals surface area contributed by atoms with Crippen LogP contribution in [0.4, 0.5) is 0 Å². The molecule has 3 heterocycles. The molecular formula is C30H32ClN3O2S. The van der Waals surface area contributed by atoms with Crippen LogP contribution in [-0.2, 0) is 22.6 Å². The summed E-state index contributed by atoms with van der Waals surface area (Å²) in [5.74, 6) is -0.391. The molecule has 192 valence electrons. The zero-order valence-corrected chi connectivity index (χ0v) is 23.3. The topological polar surface area (TPSA) is 76.3 Å². The molecule has 2 N–H and O–H groups in total. The van der Waals surface area contributed by atoms with Crippen molar-refractivity contribution in [2.45, 2.75) is 65.5 Å². The predicted octanol–water partition coefficient (Wildman–Crippen LogP) is 6.44. The van der Waals surface area contributed by atoms with Crippen molar-refractivity contribution in [1.29, 1.82) is 0 Å². The van der Waals surface area contributed by atoms with Gasteiger partial charge in [0.15, 0.2) is 0 Å². The van der Waals surface area contributed by atoms with Crippen molar-refractivity contribution in [3.05, 3.63) is 63.1 Å². The third kappa shape index (κ3) is 4.14. The van der Waals surface area contributed by atoms with Crippen molar-refractivity contribution >= 4 is 45.0 Å². The second kappa shape index (κ2) is 8.48. The summed E-state index contributed by atoms with van der Waals surface area (Å²) in [5.41, 5.74) is 13.0. The number of thiophene rings is 1. The molecule has 1 aromatic carbocycles. The van der Waals surface area contributed by atoms with E-state index >= 15 is 0 Å². The number of carbonyl (C=O) groups is 2. The monoisotopic (exact) mass is 533 g/mol. The smallest absolute Gasteiger partial charge is 0.234 e. The highest BCUT2D eigenvalue weighted by Gasteiger charge is 2.72. The van der Waals surface area contributed by atoms with Crippen molar-refractivity contribution in [1.82, 2.24) is 9.88 Å². The lowest BCUT2D eigenvalue weighted by molar-refractivity contribution is -0.143. The number of nitrogens with zero attached hydrogens (tertiary/aromatic N) is 2. The van der Waals surface area contributed by atoms with Crippen LogP contribution in [0.25, 0.3) is 21.3 Å². The second-order valence-electron chi connectivity index (χ2n) is 12.0.